The molecule has 10 atom stereocenters. The Bertz CT molecular complexity index is 1300. The van der Waals surface area contributed by atoms with E-state index in [-0.39, 0.29) is 52.6 Å². The average molecular weight is 595 g/mol. The minimum Gasteiger partial charge on any atom is -0.502 e. The van der Waals surface area contributed by atoms with Gasteiger partial charge in [-0.05, 0) is 118 Å². The highest BCUT2D eigenvalue weighted by molar-refractivity contribution is 5.95. The smallest absolute Gasteiger partial charge is 0.254 e. The first-order valence-electron chi connectivity index (χ1n) is 16.4. The van der Waals surface area contributed by atoms with E-state index in [9.17, 15) is 15.0 Å². The van der Waals surface area contributed by atoms with Crippen LogP contribution in [0.25, 0.3) is 0 Å². The van der Waals surface area contributed by atoms with Crippen LogP contribution in [0.2, 0.25) is 0 Å². The highest BCUT2D eigenvalue weighted by Gasteiger charge is 2.81. The predicted molar refractivity (Wildman–Crippen MR) is 168 cm³/mol. The second-order valence-corrected chi connectivity index (χ2v) is 15.9. The molecule has 5 aliphatic rings. The van der Waals surface area contributed by atoms with Crippen LogP contribution in [-0.2, 0) is 0 Å². The molecule has 238 valence electrons. The largest absolute Gasteiger partial charge is 0.502 e. The maximum absolute atomic E-state index is 13.9. The summed E-state index contributed by atoms with van der Waals surface area (Å²) in [6.07, 6.45) is 13.4. The number of aliphatic hydroxyl groups excluding tert-OH is 1. The summed E-state index contributed by atoms with van der Waals surface area (Å²) >= 11 is 0. The van der Waals surface area contributed by atoms with E-state index in [1.54, 1.807) is 12.1 Å². The molecule has 6 rings (SSSR count). The van der Waals surface area contributed by atoms with Crippen LogP contribution >= 0.6 is 0 Å². The van der Waals surface area contributed by atoms with Crippen molar-refractivity contribution >= 4 is 5.91 Å². The number of carbonyl (C=O) groups is 1. The number of allylic oxidation sites excluding steroid dienone is 2. The standard InChI is InChI=1S/C36H54N2O5/c1-22(37(5)6)24-12-14-34(4)28-11-10-27-32(2,21-39)29(13-15-35(27)20-36(28,35)17-16-33(24,34)3)38(7)31(41)23-18-25(42-8)30(40)26(19-23)43-9/h10-11,18-19,22,24,27-29,39-40H,12-17,20-21H2,1-9H3. The van der Waals surface area contributed by atoms with Crippen LogP contribution in [0, 0.1) is 44.8 Å². The van der Waals surface area contributed by atoms with Crippen molar-refractivity contribution < 1.29 is 24.5 Å². The zero-order chi connectivity index (χ0) is 31.3. The van der Waals surface area contributed by atoms with Crippen LogP contribution in [-0.4, -0.2) is 80.0 Å². The molecule has 43 heavy (non-hydrogen) atoms. The van der Waals surface area contributed by atoms with E-state index in [0.29, 0.717) is 34.3 Å². The van der Waals surface area contributed by atoms with Gasteiger partial charge >= 0.3 is 0 Å². The molecule has 1 amide bonds. The van der Waals surface area contributed by atoms with Gasteiger partial charge in [-0.15, -0.1) is 0 Å². The molecular weight excluding hydrogens is 540 g/mol. The number of rotatable bonds is 7. The van der Waals surface area contributed by atoms with Gasteiger partial charge in [0.2, 0.25) is 5.75 Å². The molecule has 4 saturated carbocycles. The van der Waals surface area contributed by atoms with Gasteiger partial charge in [-0.25, -0.2) is 0 Å². The Kier molecular flexibility index (Phi) is 7.06. The van der Waals surface area contributed by atoms with Crippen molar-refractivity contribution in [2.45, 2.75) is 84.7 Å². The lowest BCUT2D eigenvalue weighted by molar-refractivity contribution is -0.117. The van der Waals surface area contributed by atoms with E-state index < -0.39 is 5.41 Å². The number of aliphatic hydroxyl groups is 1. The molecule has 0 aliphatic heterocycles. The molecule has 0 radical (unpaired) electrons. The number of ether oxygens (including phenoxy) is 2. The summed E-state index contributed by atoms with van der Waals surface area (Å²) in [6.45, 7) is 9.89. The summed E-state index contributed by atoms with van der Waals surface area (Å²) in [4.78, 5) is 18.2. The monoisotopic (exact) mass is 594 g/mol. The summed E-state index contributed by atoms with van der Waals surface area (Å²) in [5.74, 6) is 1.64. The van der Waals surface area contributed by atoms with Crippen molar-refractivity contribution in [2.24, 2.45) is 44.8 Å². The van der Waals surface area contributed by atoms with Crippen molar-refractivity contribution in [3.63, 3.8) is 0 Å². The number of amides is 1. The van der Waals surface area contributed by atoms with Gasteiger partial charge in [-0.3, -0.25) is 4.79 Å². The average Bonchev–Trinajstić information content (AvgIpc) is 3.57. The predicted octanol–water partition coefficient (Wildman–Crippen LogP) is 5.99. The van der Waals surface area contributed by atoms with Gasteiger partial charge in [0.15, 0.2) is 11.5 Å². The Labute approximate surface area is 258 Å². The van der Waals surface area contributed by atoms with E-state index in [1.165, 1.54) is 46.3 Å². The van der Waals surface area contributed by atoms with Crippen LogP contribution < -0.4 is 9.47 Å². The molecule has 1 aromatic carbocycles. The van der Waals surface area contributed by atoms with E-state index in [1.807, 2.05) is 11.9 Å². The number of benzene rings is 1. The number of phenols is 1. The summed E-state index contributed by atoms with van der Waals surface area (Å²) in [5, 5.41) is 21.5. The quantitative estimate of drug-likeness (QED) is 0.378. The molecule has 1 aromatic rings. The topological polar surface area (TPSA) is 82.5 Å². The first kappa shape index (κ1) is 30.8. The van der Waals surface area contributed by atoms with Crippen molar-refractivity contribution in [3.05, 3.63) is 29.8 Å². The van der Waals surface area contributed by atoms with Crippen LogP contribution in [0.5, 0.6) is 17.2 Å². The number of nitrogens with zero attached hydrogens (tertiary/aromatic N) is 2. The van der Waals surface area contributed by atoms with Crippen LogP contribution in [0.15, 0.2) is 24.3 Å². The zero-order valence-corrected chi connectivity index (χ0v) is 27.9. The number of fused-ring (bicyclic) bond motifs is 2. The number of hydrogen-bond acceptors (Lipinski definition) is 6. The molecule has 4 fully saturated rings. The third-order valence-corrected chi connectivity index (χ3v) is 14.6. The van der Waals surface area contributed by atoms with Crippen molar-refractivity contribution in [3.8, 4) is 17.2 Å². The third kappa shape index (κ3) is 3.76. The van der Waals surface area contributed by atoms with Gasteiger partial charge in [0.1, 0.15) is 0 Å². The van der Waals surface area contributed by atoms with Crippen LogP contribution in [0.1, 0.15) is 83.0 Å². The molecule has 2 N–H and O–H groups in total. The van der Waals surface area contributed by atoms with Gasteiger partial charge < -0.3 is 29.5 Å². The fourth-order valence-electron chi connectivity index (χ4n) is 11.8. The molecule has 0 heterocycles. The minimum atomic E-state index is -0.460. The lowest BCUT2D eigenvalue weighted by Gasteiger charge is -2.62. The zero-order valence-electron chi connectivity index (χ0n) is 27.9. The molecule has 5 aliphatic carbocycles. The first-order chi connectivity index (χ1) is 20.2. The molecular formula is C36H54N2O5. The Morgan fingerprint density at radius 3 is 2.12 bits per heavy atom. The summed E-state index contributed by atoms with van der Waals surface area (Å²) < 4.78 is 10.7. The highest BCUT2D eigenvalue weighted by Crippen LogP contribution is 2.87. The van der Waals surface area contributed by atoms with Crippen molar-refractivity contribution in [1.82, 2.24) is 9.80 Å². The lowest BCUT2D eigenvalue weighted by Crippen LogP contribution is -2.61. The fraction of sp³-hybridized carbons (Fsp3) is 0.750. The van der Waals surface area contributed by atoms with Crippen LogP contribution in [0.3, 0.4) is 0 Å². The molecule has 2 spiro atoms. The Hall–Kier alpha value is -2.25. The van der Waals surface area contributed by atoms with Gasteiger partial charge in [0.05, 0.1) is 20.8 Å². The normalized spacial score (nSPS) is 43.2. The van der Waals surface area contributed by atoms with E-state index in [0.717, 1.165) is 12.8 Å². The molecule has 7 nitrogen and oxygen atoms in total. The Morgan fingerprint density at radius 2 is 1.53 bits per heavy atom. The second kappa shape index (κ2) is 9.87. The van der Waals surface area contributed by atoms with E-state index in [4.69, 9.17) is 9.47 Å². The number of methoxy groups -OCH3 is 2. The van der Waals surface area contributed by atoms with E-state index in [2.05, 4.69) is 58.8 Å². The lowest BCUT2D eigenvalue weighted by atomic mass is 9.43. The molecule has 0 bridgehead atoms. The Morgan fingerprint density at radius 1 is 0.930 bits per heavy atom. The second-order valence-electron chi connectivity index (χ2n) is 15.9. The third-order valence-electron chi connectivity index (χ3n) is 14.6. The first-order valence-corrected chi connectivity index (χ1v) is 16.4. The van der Waals surface area contributed by atoms with E-state index >= 15 is 0 Å². The maximum atomic E-state index is 13.9. The number of phenolic OH excluding ortho intramolecular Hbond substituents is 1. The summed E-state index contributed by atoms with van der Waals surface area (Å²) in [7, 11) is 9.26. The number of aromatic hydroxyl groups is 1. The molecule has 0 aromatic heterocycles. The number of hydrogen-bond donors (Lipinski definition) is 2. The molecule has 10 unspecified atom stereocenters. The van der Waals surface area contributed by atoms with Gasteiger partial charge in [0.25, 0.3) is 5.91 Å². The fourth-order valence-corrected chi connectivity index (χ4v) is 11.8. The molecule has 0 saturated heterocycles. The maximum Gasteiger partial charge on any atom is 0.254 e. The highest BCUT2D eigenvalue weighted by atomic mass is 16.5. The summed E-state index contributed by atoms with van der Waals surface area (Å²) in [5.41, 5.74) is 1.05. The van der Waals surface area contributed by atoms with Crippen molar-refractivity contribution in [2.75, 3.05) is 42.0 Å². The molecule has 7 heteroatoms. The minimum absolute atomic E-state index is 0.0341. The Balaban J connectivity index is 1.32. The van der Waals surface area contributed by atoms with Crippen molar-refractivity contribution in [1.29, 1.82) is 0 Å². The van der Waals surface area contributed by atoms with Gasteiger partial charge in [-0.1, -0.05) is 32.9 Å². The SMILES string of the molecule is COc1cc(C(=O)N(C)C2CCC34CC35CCC3(C)C(C(C)N(C)C)CCC3(C)C5C=CC4C2(C)CO)cc(OC)c1O. The van der Waals surface area contributed by atoms with Gasteiger partial charge in [-0.2, -0.15) is 0 Å². The number of carbonyl (C=O) groups excluding carboxylic acids is 1. The van der Waals surface area contributed by atoms with Crippen LogP contribution in [0.4, 0.5) is 0 Å². The van der Waals surface area contributed by atoms with Gasteiger partial charge in [0, 0.05) is 30.1 Å². The summed E-state index contributed by atoms with van der Waals surface area (Å²) in [6, 6.07) is 3.60.